The number of hydrogen-bond donors (Lipinski definition) is 0. The van der Waals surface area contributed by atoms with Gasteiger partial charge >= 0.3 is 0 Å². The van der Waals surface area contributed by atoms with Crippen molar-refractivity contribution in [3.05, 3.63) is 35.4 Å². The molecule has 0 amide bonds. The van der Waals surface area contributed by atoms with Gasteiger partial charge in [-0.05, 0) is 50.2 Å². The summed E-state index contributed by atoms with van der Waals surface area (Å²) in [5.41, 5.74) is 2.80. The third-order valence-corrected chi connectivity index (χ3v) is 3.81. The van der Waals surface area contributed by atoms with Crippen molar-refractivity contribution in [3.8, 4) is 0 Å². The van der Waals surface area contributed by atoms with Crippen LogP contribution in [0.5, 0.6) is 0 Å². The zero-order valence-corrected chi connectivity index (χ0v) is 11.3. The molecule has 2 unspecified atom stereocenters. The Labute approximate surface area is 109 Å². The number of carbonyl (C=O) groups is 1. The fraction of sp³-hybridized carbons (Fsp3) is 0.562. The average molecular weight is 246 g/mol. The van der Waals surface area contributed by atoms with E-state index in [0.717, 1.165) is 12.8 Å². The summed E-state index contributed by atoms with van der Waals surface area (Å²) in [6, 6.07) is 8.54. The average Bonchev–Trinajstić information content (AvgIpc) is 2.39. The van der Waals surface area contributed by atoms with E-state index in [0.29, 0.717) is 18.9 Å². The summed E-state index contributed by atoms with van der Waals surface area (Å²) in [4.78, 5) is 12.1. The van der Waals surface area contributed by atoms with E-state index in [9.17, 15) is 4.79 Å². The molecular formula is C16H22O2. The van der Waals surface area contributed by atoms with Crippen molar-refractivity contribution in [2.45, 2.75) is 51.6 Å². The van der Waals surface area contributed by atoms with Gasteiger partial charge in [-0.25, -0.2) is 0 Å². The van der Waals surface area contributed by atoms with E-state index in [1.54, 1.807) is 0 Å². The number of ether oxygens (including phenoxy) is 1. The van der Waals surface area contributed by atoms with Crippen molar-refractivity contribution >= 4 is 5.78 Å². The first kappa shape index (κ1) is 13.3. The lowest BCUT2D eigenvalue weighted by molar-refractivity contribution is -0.129. The van der Waals surface area contributed by atoms with Crippen molar-refractivity contribution in [1.82, 2.24) is 0 Å². The fourth-order valence-electron chi connectivity index (χ4n) is 2.82. The van der Waals surface area contributed by atoms with Gasteiger partial charge in [-0.1, -0.05) is 24.3 Å². The zero-order chi connectivity index (χ0) is 13.0. The smallest absolute Gasteiger partial charge is 0.161 e. The Morgan fingerprint density at radius 1 is 1.44 bits per heavy atom. The van der Waals surface area contributed by atoms with Gasteiger partial charge in [0.05, 0.1) is 0 Å². The Morgan fingerprint density at radius 2 is 2.22 bits per heavy atom. The zero-order valence-electron chi connectivity index (χ0n) is 11.3. The van der Waals surface area contributed by atoms with Gasteiger partial charge in [0.15, 0.2) is 5.78 Å². The SMILES string of the molecule is CCOC(C)C(=O)CC1CCCc2ccccc21. The summed E-state index contributed by atoms with van der Waals surface area (Å²) in [7, 11) is 0. The van der Waals surface area contributed by atoms with Crippen molar-refractivity contribution in [2.24, 2.45) is 0 Å². The highest BCUT2D eigenvalue weighted by Gasteiger charge is 2.24. The van der Waals surface area contributed by atoms with E-state index in [-0.39, 0.29) is 11.9 Å². The monoisotopic (exact) mass is 246 g/mol. The first-order chi connectivity index (χ1) is 8.72. The number of hydrogen-bond acceptors (Lipinski definition) is 2. The summed E-state index contributed by atoms with van der Waals surface area (Å²) in [5.74, 6) is 0.629. The van der Waals surface area contributed by atoms with Gasteiger partial charge < -0.3 is 4.74 Å². The molecule has 1 aromatic carbocycles. The van der Waals surface area contributed by atoms with Crippen molar-refractivity contribution in [2.75, 3.05) is 6.61 Å². The minimum atomic E-state index is -0.260. The van der Waals surface area contributed by atoms with Crippen LogP contribution in [0.4, 0.5) is 0 Å². The summed E-state index contributed by atoms with van der Waals surface area (Å²) in [5, 5.41) is 0. The standard InChI is InChI=1S/C16H22O2/c1-3-18-12(2)16(17)11-14-9-6-8-13-7-4-5-10-15(13)14/h4-5,7,10,12,14H,3,6,8-9,11H2,1-2H3. The van der Waals surface area contributed by atoms with Gasteiger partial charge in [-0.15, -0.1) is 0 Å². The molecule has 2 nitrogen and oxygen atoms in total. The van der Waals surface area contributed by atoms with Crippen molar-refractivity contribution in [1.29, 1.82) is 0 Å². The van der Waals surface area contributed by atoms with Crippen LogP contribution in [0.2, 0.25) is 0 Å². The molecule has 0 aliphatic heterocycles. The molecule has 0 N–H and O–H groups in total. The molecule has 0 saturated carbocycles. The number of ketones is 1. The number of aryl methyl sites for hydroxylation is 1. The van der Waals surface area contributed by atoms with Crippen LogP contribution >= 0.6 is 0 Å². The predicted octanol–water partition coefficient (Wildman–Crippen LogP) is 3.49. The Balaban J connectivity index is 2.05. The second kappa shape index (κ2) is 6.14. The summed E-state index contributed by atoms with van der Waals surface area (Å²) < 4.78 is 5.38. The Bertz CT molecular complexity index is 411. The summed E-state index contributed by atoms with van der Waals surface area (Å²) >= 11 is 0. The minimum Gasteiger partial charge on any atom is -0.371 e. The number of benzene rings is 1. The van der Waals surface area contributed by atoms with Gasteiger partial charge in [0.1, 0.15) is 6.10 Å². The first-order valence-corrected chi connectivity index (χ1v) is 6.94. The molecule has 0 fully saturated rings. The van der Waals surface area contributed by atoms with E-state index in [1.165, 1.54) is 17.5 Å². The van der Waals surface area contributed by atoms with Crippen molar-refractivity contribution in [3.63, 3.8) is 0 Å². The van der Waals surface area contributed by atoms with E-state index < -0.39 is 0 Å². The van der Waals surface area contributed by atoms with Crippen LogP contribution in [0, 0.1) is 0 Å². The highest BCUT2D eigenvalue weighted by atomic mass is 16.5. The van der Waals surface area contributed by atoms with Gasteiger partial charge in [0.2, 0.25) is 0 Å². The van der Waals surface area contributed by atoms with Gasteiger partial charge in [-0.3, -0.25) is 4.79 Å². The van der Waals surface area contributed by atoms with Crippen LogP contribution in [0.25, 0.3) is 0 Å². The highest BCUT2D eigenvalue weighted by molar-refractivity contribution is 5.83. The molecule has 18 heavy (non-hydrogen) atoms. The fourth-order valence-corrected chi connectivity index (χ4v) is 2.82. The molecule has 2 rings (SSSR count). The Morgan fingerprint density at radius 3 is 3.00 bits per heavy atom. The van der Waals surface area contributed by atoms with E-state index in [2.05, 4.69) is 24.3 Å². The molecule has 0 aromatic heterocycles. The molecule has 0 heterocycles. The molecule has 1 aliphatic carbocycles. The Hall–Kier alpha value is -1.15. The minimum absolute atomic E-state index is 0.235. The molecule has 1 aromatic rings. The van der Waals surface area contributed by atoms with Gasteiger partial charge in [0, 0.05) is 13.0 Å². The topological polar surface area (TPSA) is 26.3 Å². The number of fused-ring (bicyclic) bond motifs is 1. The largest absolute Gasteiger partial charge is 0.371 e. The van der Waals surface area contributed by atoms with Crippen LogP contribution < -0.4 is 0 Å². The molecule has 1 aliphatic rings. The molecule has 0 saturated heterocycles. The Kier molecular flexibility index (Phi) is 4.54. The lowest BCUT2D eigenvalue weighted by Gasteiger charge is -2.25. The van der Waals surface area contributed by atoms with E-state index in [1.807, 2.05) is 13.8 Å². The second-order valence-corrected chi connectivity index (χ2v) is 5.06. The second-order valence-electron chi connectivity index (χ2n) is 5.06. The number of rotatable bonds is 5. The molecule has 0 radical (unpaired) electrons. The van der Waals surface area contributed by atoms with Crippen molar-refractivity contribution < 1.29 is 9.53 Å². The molecule has 0 spiro atoms. The number of carbonyl (C=O) groups excluding carboxylic acids is 1. The highest BCUT2D eigenvalue weighted by Crippen LogP contribution is 2.34. The molecule has 2 heteroatoms. The van der Waals surface area contributed by atoms with Crippen LogP contribution in [0.3, 0.4) is 0 Å². The maximum absolute atomic E-state index is 12.1. The lowest BCUT2D eigenvalue weighted by atomic mass is 9.80. The normalized spacial score (nSPS) is 20.2. The van der Waals surface area contributed by atoms with E-state index >= 15 is 0 Å². The predicted molar refractivity (Wildman–Crippen MR) is 72.8 cm³/mol. The van der Waals surface area contributed by atoms with Crippen LogP contribution in [-0.2, 0) is 16.0 Å². The quantitative estimate of drug-likeness (QED) is 0.795. The van der Waals surface area contributed by atoms with Crippen LogP contribution in [-0.4, -0.2) is 18.5 Å². The maximum atomic E-state index is 12.1. The van der Waals surface area contributed by atoms with Gasteiger partial charge in [-0.2, -0.15) is 0 Å². The number of Topliss-reactive ketones (excluding diaryl/α,β-unsaturated/α-hetero) is 1. The third kappa shape index (κ3) is 2.99. The molecule has 98 valence electrons. The van der Waals surface area contributed by atoms with Gasteiger partial charge in [0.25, 0.3) is 0 Å². The van der Waals surface area contributed by atoms with Crippen LogP contribution in [0.1, 0.15) is 50.2 Å². The lowest BCUT2D eigenvalue weighted by Crippen LogP contribution is -2.24. The molecular weight excluding hydrogens is 224 g/mol. The third-order valence-electron chi connectivity index (χ3n) is 3.81. The molecule has 2 atom stereocenters. The summed E-state index contributed by atoms with van der Waals surface area (Å²) in [6.07, 6.45) is 3.84. The molecule has 0 bridgehead atoms. The first-order valence-electron chi connectivity index (χ1n) is 6.94. The maximum Gasteiger partial charge on any atom is 0.161 e. The van der Waals surface area contributed by atoms with Crippen LogP contribution in [0.15, 0.2) is 24.3 Å². The summed E-state index contributed by atoms with van der Waals surface area (Å²) in [6.45, 7) is 4.40. The van der Waals surface area contributed by atoms with E-state index in [4.69, 9.17) is 4.74 Å².